The minimum absolute atomic E-state index is 0.0390. The van der Waals surface area contributed by atoms with Crippen LogP contribution in [0, 0.1) is 0 Å². The molecule has 138 valence electrons. The summed E-state index contributed by atoms with van der Waals surface area (Å²) in [5, 5.41) is 0. The van der Waals surface area contributed by atoms with Gasteiger partial charge in [-0.3, -0.25) is 4.90 Å². The van der Waals surface area contributed by atoms with E-state index in [0.717, 1.165) is 25.4 Å². The second-order valence-corrected chi connectivity index (χ2v) is 7.76. The third-order valence-electron chi connectivity index (χ3n) is 5.48. The number of ether oxygens (including phenoxy) is 1. The summed E-state index contributed by atoms with van der Waals surface area (Å²) < 4.78 is 6.09. The highest BCUT2D eigenvalue weighted by Crippen LogP contribution is 2.35. The largest absolute Gasteiger partial charge is 0.477 e. The molecule has 0 unspecified atom stereocenters. The van der Waals surface area contributed by atoms with Crippen molar-refractivity contribution in [2.24, 2.45) is 0 Å². The zero-order valence-electron chi connectivity index (χ0n) is 16.1. The molecule has 4 rings (SSSR count). The third-order valence-corrected chi connectivity index (χ3v) is 5.48. The van der Waals surface area contributed by atoms with E-state index in [-0.39, 0.29) is 5.54 Å². The van der Waals surface area contributed by atoms with Gasteiger partial charge < -0.3 is 4.74 Å². The monoisotopic (exact) mass is 358 g/mol. The van der Waals surface area contributed by atoms with Gasteiger partial charge in [0.05, 0.1) is 6.61 Å². The minimum atomic E-state index is 0.0390. The van der Waals surface area contributed by atoms with E-state index in [4.69, 9.17) is 4.74 Å². The summed E-state index contributed by atoms with van der Waals surface area (Å²) in [6.07, 6.45) is 2.83. The highest BCUT2D eigenvalue weighted by atomic mass is 16.5. The fraction of sp³-hybridized carbons (Fsp3) is 0.292. The zero-order chi connectivity index (χ0) is 18.7. The first-order valence-electron chi connectivity index (χ1n) is 9.58. The Labute approximate surface area is 161 Å². The van der Waals surface area contributed by atoms with Gasteiger partial charge in [-0.2, -0.15) is 0 Å². The van der Waals surface area contributed by atoms with Gasteiger partial charge in [0.25, 0.3) is 0 Å². The van der Waals surface area contributed by atoms with Crippen molar-refractivity contribution in [3.05, 3.63) is 84.1 Å². The number of fused-ring (bicyclic) bond motifs is 1. The number of rotatable bonds is 3. The highest BCUT2D eigenvalue weighted by molar-refractivity contribution is 5.68. The van der Waals surface area contributed by atoms with Crippen LogP contribution in [0.4, 0.5) is 0 Å². The summed E-state index contributed by atoms with van der Waals surface area (Å²) >= 11 is 0. The lowest BCUT2D eigenvalue weighted by Gasteiger charge is -2.41. The van der Waals surface area contributed by atoms with Crippen LogP contribution in [-0.2, 0) is 13.1 Å². The van der Waals surface area contributed by atoms with Crippen LogP contribution in [0.15, 0.2) is 72.9 Å². The maximum atomic E-state index is 6.09. The summed E-state index contributed by atoms with van der Waals surface area (Å²) in [4.78, 5) is 7.10. The molecule has 1 aliphatic heterocycles. The molecule has 3 aromatic rings. The molecule has 0 amide bonds. The quantitative estimate of drug-likeness (QED) is 0.634. The van der Waals surface area contributed by atoms with E-state index in [9.17, 15) is 0 Å². The average Bonchev–Trinajstić information content (AvgIpc) is 2.69. The zero-order valence-corrected chi connectivity index (χ0v) is 16.1. The molecule has 0 atom stereocenters. The summed E-state index contributed by atoms with van der Waals surface area (Å²) in [5.74, 6) is 0.768. The van der Waals surface area contributed by atoms with Crippen LogP contribution < -0.4 is 4.74 Å². The van der Waals surface area contributed by atoms with E-state index >= 15 is 0 Å². The van der Waals surface area contributed by atoms with Crippen LogP contribution in [0.25, 0.3) is 11.1 Å². The lowest BCUT2D eigenvalue weighted by atomic mass is 9.93. The van der Waals surface area contributed by atoms with Crippen molar-refractivity contribution in [3.63, 3.8) is 0 Å². The van der Waals surface area contributed by atoms with Gasteiger partial charge in [-0.05, 0) is 43.0 Å². The van der Waals surface area contributed by atoms with Crippen molar-refractivity contribution in [1.82, 2.24) is 9.88 Å². The average molecular weight is 358 g/mol. The maximum Gasteiger partial charge on any atom is 0.218 e. The SMILES string of the molecule is CC1(C)CCOc2nccc(-c3ccccc3)c2CN1Cc1ccccc1. The summed E-state index contributed by atoms with van der Waals surface area (Å²) in [6, 6.07) is 23.3. The number of nitrogens with zero attached hydrogens (tertiary/aromatic N) is 2. The molecule has 0 N–H and O–H groups in total. The fourth-order valence-electron chi connectivity index (χ4n) is 3.67. The Morgan fingerprint density at radius 3 is 2.41 bits per heavy atom. The lowest BCUT2D eigenvalue weighted by Crippen LogP contribution is -2.45. The van der Waals surface area contributed by atoms with E-state index in [1.807, 2.05) is 6.20 Å². The van der Waals surface area contributed by atoms with Crippen LogP contribution in [0.3, 0.4) is 0 Å². The molecule has 0 saturated carbocycles. The third kappa shape index (κ3) is 3.88. The second kappa shape index (κ2) is 7.53. The van der Waals surface area contributed by atoms with Crippen molar-refractivity contribution in [2.75, 3.05) is 6.61 Å². The first-order valence-corrected chi connectivity index (χ1v) is 9.58. The summed E-state index contributed by atoms with van der Waals surface area (Å²) in [5.41, 5.74) is 4.96. The van der Waals surface area contributed by atoms with Crippen molar-refractivity contribution in [3.8, 4) is 17.0 Å². The smallest absolute Gasteiger partial charge is 0.218 e. The van der Waals surface area contributed by atoms with Gasteiger partial charge in [-0.1, -0.05) is 60.7 Å². The Kier molecular flexibility index (Phi) is 4.95. The molecule has 0 aliphatic carbocycles. The molecular weight excluding hydrogens is 332 g/mol. The van der Waals surface area contributed by atoms with Crippen molar-refractivity contribution in [2.45, 2.75) is 38.9 Å². The number of benzene rings is 2. The van der Waals surface area contributed by atoms with Gasteiger partial charge >= 0.3 is 0 Å². The van der Waals surface area contributed by atoms with Crippen molar-refractivity contribution >= 4 is 0 Å². The minimum Gasteiger partial charge on any atom is -0.477 e. The number of pyridine rings is 1. The Morgan fingerprint density at radius 1 is 0.963 bits per heavy atom. The molecule has 2 heterocycles. The van der Waals surface area contributed by atoms with Crippen LogP contribution in [0.1, 0.15) is 31.4 Å². The molecule has 3 nitrogen and oxygen atoms in total. The molecule has 1 aromatic heterocycles. The first kappa shape index (κ1) is 17.7. The molecule has 0 saturated heterocycles. The normalized spacial score (nSPS) is 16.7. The standard InChI is InChI=1S/C24H26N2O/c1-24(2)14-16-27-23-22(18-26(24)17-19-9-5-3-6-10-19)21(13-15-25-23)20-11-7-4-8-12-20/h3-13,15H,14,16-18H2,1-2H3. The van der Waals surface area contributed by atoms with E-state index < -0.39 is 0 Å². The molecule has 3 heteroatoms. The molecule has 1 aliphatic rings. The maximum absolute atomic E-state index is 6.09. The van der Waals surface area contributed by atoms with Crippen LogP contribution in [-0.4, -0.2) is 22.0 Å². The topological polar surface area (TPSA) is 25.4 Å². The van der Waals surface area contributed by atoms with E-state index in [1.165, 1.54) is 22.3 Å². The molecular formula is C24H26N2O. The predicted octanol–water partition coefficient (Wildman–Crippen LogP) is 5.31. The lowest BCUT2D eigenvalue weighted by molar-refractivity contribution is 0.0662. The summed E-state index contributed by atoms with van der Waals surface area (Å²) in [6.45, 7) is 7.02. The number of hydrogen-bond donors (Lipinski definition) is 0. The Balaban J connectivity index is 1.75. The van der Waals surface area contributed by atoms with Gasteiger partial charge in [0, 0.05) is 30.4 Å². The predicted molar refractivity (Wildman–Crippen MR) is 110 cm³/mol. The fourth-order valence-corrected chi connectivity index (χ4v) is 3.67. The summed E-state index contributed by atoms with van der Waals surface area (Å²) in [7, 11) is 0. The molecule has 0 spiro atoms. The van der Waals surface area contributed by atoms with E-state index in [2.05, 4.69) is 90.5 Å². The van der Waals surface area contributed by atoms with Crippen LogP contribution in [0.2, 0.25) is 0 Å². The van der Waals surface area contributed by atoms with E-state index in [0.29, 0.717) is 6.61 Å². The number of aromatic nitrogens is 1. The Morgan fingerprint density at radius 2 is 1.67 bits per heavy atom. The van der Waals surface area contributed by atoms with Crippen LogP contribution >= 0.6 is 0 Å². The van der Waals surface area contributed by atoms with Gasteiger partial charge in [0.15, 0.2) is 0 Å². The van der Waals surface area contributed by atoms with Gasteiger partial charge in [0.1, 0.15) is 0 Å². The molecule has 2 aromatic carbocycles. The highest BCUT2D eigenvalue weighted by Gasteiger charge is 2.31. The van der Waals surface area contributed by atoms with Crippen molar-refractivity contribution < 1.29 is 4.74 Å². The van der Waals surface area contributed by atoms with Crippen LogP contribution in [0.5, 0.6) is 5.88 Å². The molecule has 0 radical (unpaired) electrons. The first-order chi connectivity index (χ1) is 13.1. The van der Waals surface area contributed by atoms with Gasteiger partial charge in [0.2, 0.25) is 5.88 Å². The second-order valence-electron chi connectivity index (χ2n) is 7.76. The van der Waals surface area contributed by atoms with E-state index in [1.54, 1.807) is 0 Å². The van der Waals surface area contributed by atoms with Gasteiger partial charge in [-0.25, -0.2) is 4.98 Å². The Hall–Kier alpha value is -2.65. The number of hydrogen-bond acceptors (Lipinski definition) is 3. The molecule has 0 fully saturated rings. The Bertz CT molecular complexity index is 891. The molecule has 27 heavy (non-hydrogen) atoms. The van der Waals surface area contributed by atoms with Crippen molar-refractivity contribution in [1.29, 1.82) is 0 Å². The molecule has 0 bridgehead atoms. The van der Waals surface area contributed by atoms with Gasteiger partial charge in [-0.15, -0.1) is 0 Å².